The molecule has 4 heteroatoms. The van der Waals surface area contributed by atoms with E-state index in [0.717, 1.165) is 45.6 Å². The van der Waals surface area contributed by atoms with Crippen LogP contribution in [0.3, 0.4) is 0 Å². The molecule has 2 aliphatic rings. The first-order chi connectivity index (χ1) is 12.6. The zero-order valence-electron chi connectivity index (χ0n) is 15.7. The van der Waals surface area contributed by atoms with Crippen LogP contribution in [0.2, 0.25) is 0 Å². The van der Waals surface area contributed by atoms with Crippen molar-refractivity contribution >= 4 is 5.78 Å². The zero-order chi connectivity index (χ0) is 18.4. The summed E-state index contributed by atoms with van der Waals surface area (Å²) >= 11 is 0. The SMILES string of the molecule is COc1cccc2c1C(OC)c1ccc3c(c1C2OC)C(=O)C[C@@H](C)C3. The molecular weight excluding hydrogens is 328 g/mol. The van der Waals surface area contributed by atoms with Crippen LogP contribution in [0.4, 0.5) is 0 Å². The van der Waals surface area contributed by atoms with E-state index < -0.39 is 0 Å². The Balaban J connectivity index is 2.01. The van der Waals surface area contributed by atoms with Crippen molar-refractivity contribution in [3.8, 4) is 5.75 Å². The van der Waals surface area contributed by atoms with Crippen molar-refractivity contribution in [3.05, 3.63) is 63.7 Å². The lowest BCUT2D eigenvalue weighted by Gasteiger charge is -2.36. The maximum Gasteiger partial charge on any atom is 0.163 e. The first kappa shape index (κ1) is 17.3. The third-order valence-electron chi connectivity index (χ3n) is 5.63. The molecule has 2 unspecified atom stereocenters. The number of methoxy groups -OCH3 is 3. The highest BCUT2D eigenvalue weighted by Crippen LogP contribution is 2.50. The quantitative estimate of drug-likeness (QED) is 0.829. The van der Waals surface area contributed by atoms with Crippen molar-refractivity contribution in [1.82, 2.24) is 0 Å². The molecule has 0 aromatic heterocycles. The lowest BCUT2D eigenvalue weighted by Crippen LogP contribution is -2.28. The first-order valence-electron chi connectivity index (χ1n) is 9.01. The number of ether oxygens (including phenoxy) is 3. The smallest absolute Gasteiger partial charge is 0.163 e. The van der Waals surface area contributed by atoms with Gasteiger partial charge < -0.3 is 14.2 Å². The van der Waals surface area contributed by atoms with Crippen LogP contribution in [0.5, 0.6) is 5.75 Å². The summed E-state index contributed by atoms with van der Waals surface area (Å²) < 4.78 is 17.4. The molecule has 4 nitrogen and oxygen atoms in total. The van der Waals surface area contributed by atoms with Crippen LogP contribution >= 0.6 is 0 Å². The summed E-state index contributed by atoms with van der Waals surface area (Å²) in [7, 11) is 5.05. The van der Waals surface area contributed by atoms with Gasteiger partial charge in [0.1, 0.15) is 18.0 Å². The molecule has 0 saturated carbocycles. The molecule has 4 rings (SSSR count). The van der Waals surface area contributed by atoms with Crippen LogP contribution in [0.1, 0.15) is 63.7 Å². The van der Waals surface area contributed by atoms with Crippen LogP contribution in [-0.4, -0.2) is 27.1 Å². The van der Waals surface area contributed by atoms with Gasteiger partial charge in [-0.25, -0.2) is 0 Å². The molecule has 26 heavy (non-hydrogen) atoms. The Morgan fingerprint density at radius 1 is 0.885 bits per heavy atom. The number of hydrogen-bond donors (Lipinski definition) is 0. The van der Waals surface area contributed by atoms with Gasteiger partial charge >= 0.3 is 0 Å². The fourth-order valence-electron chi connectivity index (χ4n) is 4.61. The monoisotopic (exact) mass is 352 g/mol. The lowest BCUT2D eigenvalue weighted by molar-refractivity contribution is 0.0893. The molecular formula is C22H24O4. The topological polar surface area (TPSA) is 44.8 Å². The highest BCUT2D eigenvalue weighted by atomic mass is 16.5. The fourth-order valence-corrected chi connectivity index (χ4v) is 4.61. The molecule has 0 radical (unpaired) electrons. The van der Waals surface area contributed by atoms with Gasteiger partial charge in [0.15, 0.2) is 5.78 Å². The van der Waals surface area contributed by atoms with Gasteiger partial charge in [0, 0.05) is 37.3 Å². The number of benzene rings is 2. The average Bonchev–Trinajstić information content (AvgIpc) is 2.64. The maximum atomic E-state index is 12.9. The second-order valence-electron chi connectivity index (χ2n) is 7.23. The van der Waals surface area contributed by atoms with Gasteiger partial charge in [0.05, 0.1) is 7.11 Å². The van der Waals surface area contributed by atoms with E-state index in [1.165, 1.54) is 0 Å². The minimum Gasteiger partial charge on any atom is -0.496 e. The second-order valence-corrected chi connectivity index (χ2v) is 7.23. The van der Waals surface area contributed by atoms with Crippen LogP contribution in [0.25, 0.3) is 0 Å². The number of carbonyl (C=O) groups is 1. The van der Waals surface area contributed by atoms with Crippen LogP contribution in [-0.2, 0) is 15.9 Å². The summed E-state index contributed by atoms with van der Waals surface area (Å²) in [6.45, 7) is 2.13. The van der Waals surface area contributed by atoms with E-state index >= 15 is 0 Å². The summed E-state index contributed by atoms with van der Waals surface area (Å²) in [5.41, 5.74) is 5.91. The van der Waals surface area contributed by atoms with E-state index in [0.29, 0.717) is 12.3 Å². The summed E-state index contributed by atoms with van der Waals surface area (Å²) in [6, 6.07) is 10.1. The predicted molar refractivity (Wildman–Crippen MR) is 99.0 cm³/mol. The van der Waals surface area contributed by atoms with Gasteiger partial charge in [-0.15, -0.1) is 0 Å². The second kappa shape index (κ2) is 6.53. The molecule has 0 fully saturated rings. The Hall–Kier alpha value is -2.17. The number of fused-ring (bicyclic) bond motifs is 4. The Morgan fingerprint density at radius 3 is 2.27 bits per heavy atom. The Bertz CT molecular complexity index is 871. The van der Waals surface area contributed by atoms with E-state index in [1.54, 1.807) is 21.3 Å². The molecule has 0 aliphatic heterocycles. The minimum atomic E-state index is -0.297. The Kier molecular flexibility index (Phi) is 4.33. The molecule has 3 atom stereocenters. The molecule has 0 amide bonds. The number of rotatable bonds is 3. The lowest BCUT2D eigenvalue weighted by atomic mass is 9.73. The molecule has 2 aliphatic carbocycles. The normalized spacial score (nSPS) is 23.8. The minimum absolute atomic E-state index is 0.207. The summed E-state index contributed by atoms with van der Waals surface area (Å²) in [6.07, 6.45) is 0.935. The third kappa shape index (κ3) is 2.40. The van der Waals surface area contributed by atoms with E-state index in [1.807, 2.05) is 18.2 Å². The first-order valence-corrected chi connectivity index (χ1v) is 9.01. The van der Waals surface area contributed by atoms with Gasteiger partial charge in [-0.05, 0) is 35.1 Å². The number of carbonyl (C=O) groups excluding carboxylic acids is 1. The van der Waals surface area contributed by atoms with Gasteiger partial charge in [0.25, 0.3) is 0 Å². The van der Waals surface area contributed by atoms with Crippen LogP contribution in [0.15, 0.2) is 30.3 Å². The largest absolute Gasteiger partial charge is 0.496 e. The zero-order valence-corrected chi connectivity index (χ0v) is 15.7. The van der Waals surface area contributed by atoms with Crippen LogP contribution < -0.4 is 4.74 Å². The molecule has 0 spiro atoms. The Morgan fingerprint density at radius 2 is 1.58 bits per heavy atom. The molecule has 136 valence electrons. The fraction of sp³-hybridized carbons (Fsp3) is 0.409. The van der Waals surface area contributed by atoms with Gasteiger partial charge in [-0.3, -0.25) is 4.79 Å². The van der Waals surface area contributed by atoms with E-state index in [-0.39, 0.29) is 18.0 Å². The van der Waals surface area contributed by atoms with Crippen molar-refractivity contribution in [2.75, 3.05) is 21.3 Å². The number of ketones is 1. The standard InChI is InChI=1S/C22H24O4/c1-12-10-13-8-9-15-20(18(13)16(23)11-12)22(26-4)14-6-5-7-17(24-2)19(14)21(15)25-3/h5-9,12,21-22H,10-11H2,1-4H3/t12-,21?,22?/m0/s1. The highest BCUT2D eigenvalue weighted by molar-refractivity contribution is 6.01. The molecule has 0 heterocycles. The van der Waals surface area contributed by atoms with Crippen molar-refractivity contribution in [2.45, 2.75) is 32.0 Å². The van der Waals surface area contributed by atoms with Crippen molar-refractivity contribution < 1.29 is 19.0 Å². The predicted octanol–water partition coefficient (Wildman–Crippen LogP) is 4.25. The third-order valence-corrected chi connectivity index (χ3v) is 5.63. The average molecular weight is 352 g/mol. The van der Waals surface area contributed by atoms with E-state index in [9.17, 15) is 4.79 Å². The van der Waals surface area contributed by atoms with Crippen molar-refractivity contribution in [1.29, 1.82) is 0 Å². The van der Waals surface area contributed by atoms with Crippen molar-refractivity contribution in [3.63, 3.8) is 0 Å². The van der Waals surface area contributed by atoms with E-state index in [2.05, 4.69) is 19.1 Å². The van der Waals surface area contributed by atoms with Crippen LogP contribution in [0, 0.1) is 5.92 Å². The molecule has 0 saturated heterocycles. The Labute approximate surface area is 154 Å². The van der Waals surface area contributed by atoms with Gasteiger partial charge in [0.2, 0.25) is 0 Å². The van der Waals surface area contributed by atoms with Crippen molar-refractivity contribution in [2.24, 2.45) is 5.92 Å². The number of hydrogen-bond acceptors (Lipinski definition) is 4. The molecule has 2 aromatic carbocycles. The summed E-state index contributed by atoms with van der Waals surface area (Å²) in [5.74, 6) is 1.36. The van der Waals surface area contributed by atoms with E-state index in [4.69, 9.17) is 14.2 Å². The summed E-state index contributed by atoms with van der Waals surface area (Å²) in [5, 5.41) is 0. The molecule has 2 aromatic rings. The highest BCUT2D eigenvalue weighted by Gasteiger charge is 2.39. The molecule has 0 bridgehead atoms. The molecule has 0 N–H and O–H groups in total. The summed E-state index contributed by atoms with van der Waals surface area (Å²) in [4.78, 5) is 12.9. The van der Waals surface area contributed by atoms with Gasteiger partial charge in [-0.2, -0.15) is 0 Å². The van der Waals surface area contributed by atoms with Gasteiger partial charge in [-0.1, -0.05) is 31.2 Å². The number of Topliss-reactive ketones (excluding diaryl/α,β-unsaturated/α-hetero) is 1. The maximum absolute atomic E-state index is 12.9.